The smallest absolute Gasteiger partial charge is 0.257 e. The highest BCUT2D eigenvalue weighted by molar-refractivity contribution is 6.32. The summed E-state index contributed by atoms with van der Waals surface area (Å²) in [5.74, 6) is 0.832. The zero-order valence-electron chi connectivity index (χ0n) is 20.9. The summed E-state index contributed by atoms with van der Waals surface area (Å²) in [6, 6.07) is 7.78. The standard InChI is InChI=1S/C27H26ClN9O2/c28-22-14-30-27-34-21-7-16(10-29-13-21)1-2-18-9-20(33-25(22)36-27)3-4-23(18)35-24(38)8-17-5-6-37(15-17)26(39)19-11-31-32-12-19/h3-4,7,9-14,17H,1-2,5-6,8,15H2,(H,31,32)(H,35,38)(H2,30,33,34,36)/t17-/m1/s1. The molecule has 3 aromatic heterocycles. The molecule has 0 unspecified atom stereocenters. The third kappa shape index (κ3) is 5.68. The van der Waals surface area contributed by atoms with Gasteiger partial charge in [-0.3, -0.25) is 19.7 Å². The molecule has 12 heteroatoms. The molecule has 5 heterocycles. The van der Waals surface area contributed by atoms with Crippen LogP contribution >= 0.6 is 11.6 Å². The second-order valence-electron chi connectivity index (χ2n) is 9.74. The Balaban J connectivity index is 1.19. The maximum absolute atomic E-state index is 13.1. The molecule has 198 valence electrons. The molecule has 11 nitrogen and oxygen atoms in total. The van der Waals surface area contributed by atoms with E-state index in [1.54, 1.807) is 23.5 Å². The lowest BCUT2D eigenvalue weighted by Crippen LogP contribution is -2.29. The van der Waals surface area contributed by atoms with Crippen LogP contribution in [0.4, 0.5) is 28.8 Å². The van der Waals surface area contributed by atoms with E-state index in [-0.39, 0.29) is 17.7 Å². The van der Waals surface area contributed by atoms with E-state index in [1.165, 1.54) is 6.20 Å². The summed E-state index contributed by atoms with van der Waals surface area (Å²) < 4.78 is 0. The highest BCUT2D eigenvalue weighted by Crippen LogP contribution is 2.30. The van der Waals surface area contributed by atoms with Crippen LogP contribution in [-0.4, -0.2) is 55.0 Å². The number of hydrogen-bond acceptors (Lipinski definition) is 8. The monoisotopic (exact) mass is 543 g/mol. The minimum atomic E-state index is -0.0752. The number of fused-ring (bicyclic) bond motifs is 6. The van der Waals surface area contributed by atoms with E-state index in [1.807, 2.05) is 30.5 Å². The number of halogens is 1. The van der Waals surface area contributed by atoms with Gasteiger partial charge in [0.25, 0.3) is 5.91 Å². The van der Waals surface area contributed by atoms with E-state index in [0.29, 0.717) is 48.3 Å². The summed E-state index contributed by atoms with van der Waals surface area (Å²) >= 11 is 6.36. The van der Waals surface area contributed by atoms with Crippen molar-refractivity contribution in [2.45, 2.75) is 25.7 Å². The minimum absolute atomic E-state index is 0.0642. The van der Waals surface area contributed by atoms with Crippen molar-refractivity contribution >= 4 is 52.2 Å². The number of likely N-dealkylation sites (tertiary alicyclic amines) is 1. The summed E-state index contributed by atoms with van der Waals surface area (Å²) in [7, 11) is 0. The van der Waals surface area contributed by atoms with Gasteiger partial charge in [-0.2, -0.15) is 10.1 Å². The first-order chi connectivity index (χ1) is 19.0. The van der Waals surface area contributed by atoms with Crippen LogP contribution in [0.2, 0.25) is 5.02 Å². The largest absolute Gasteiger partial charge is 0.339 e. The Morgan fingerprint density at radius 3 is 2.87 bits per heavy atom. The maximum Gasteiger partial charge on any atom is 0.257 e. The second-order valence-corrected chi connectivity index (χ2v) is 10.1. The Labute approximate surface area is 229 Å². The van der Waals surface area contributed by atoms with E-state index < -0.39 is 0 Å². The molecule has 4 aromatic rings. The second kappa shape index (κ2) is 10.7. The summed E-state index contributed by atoms with van der Waals surface area (Å²) in [6.45, 7) is 1.18. The van der Waals surface area contributed by atoms with Gasteiger partial charge < -0.3 is 20.9 Å². The van der Waals surface area contributed by atoms with Crippen molar-refractivity contribution in [2.75, 3.05) is 29.0 Å². The first-order valence-electron chi connectivity index (χ1n) is 12.7. The molecule has 0 radical (unpaired) electrons. The van der Waals surface area contributed by atoms with Crippen molar-refractivity contribution in [1.82, 2.24) is 30.0 Å². The molecular formula is C27H26ClN9O2. The number of aryl methyl sites for hydroxylation is 2. The molecule has 1 fully saturated rings. The predicted octanol–water partition coefficient (Wildman–Crippen LogP) is 4.32. The van der Waals surface area contributed by atoms with E-state index in [0.717, 1.165) is 41.0 Å². The van der Waals surface area contributed by atoms with Gasteiger partial charge in [-0.15, -0.1) is 0 Å². The van der Waals surface area contributed by atoms with E-state index >= 15 is 0 Å². The number of H-pyrrole nitrogens is 1. The van der Waals surface area contributed by atoms with Crippen LogP contribution < -0.4 is 16.0 Å². The lowest BCUT2D eigenvalue weighted by Gasteiger charge is -2.17. The van der Waals surface area contributed by atoms with Gasteiger partial charge >= 0.3 is 0 Å². The zero-order valence-corrected chi connectivity index (χ0v) is 21.7. The Bertz CT molecular complexity index is 1530. The van der Waals surface area contributed by atoms with Crippen LogP contribution in [0.15, 0.2) is 55.2 Å². The minimum Gasteiger partial charge on any atom is -0.339 e. The van der Waals surface area contributed by atoms with Crippen LogP contribution in [0.1, 0.15) is 34.3 Å². The summed E-state index contributed by atoms with van der Waals surface area (Å²) in [4.78, 5) is 40.6. The highest BCUT2D eigenvalue weighted by Gasteiger charge is 2.29. The Morgan fingerprint density at radius 2 is 2.00 bits per heavy atom. The number of nitrogens with one attached hydrogen (secondary N) is 4. The lowest BCUT2D eigenvalue weighted by molar-refractivity contribution is -0.117. The molecule has 6 bridgehead atoms. The number of pyridine rings is 1. The molecule has 2 amide bonds. The first-order valence-corrected chi connectivity index (χ1v) is 13.1. The number of amides is 2. The topological polar surface area (TPSA) is 141 Å². The Morgan fingerprint density at radius 1 is 1.08 bits per heavy atom. The molecule has 0 saturated carbocycles. The summed E-state index contributed by atoms with van der Waals surface area (Å²) in [6.07, 6.45) is 10.7. The quantitative estimate of drug-likeness (QED) is 0.298. The van der Waals surface area contributed by atoms with Gasteiger partial charge in [0, 0.05) is 43.3 Å². The van der Waals surface area contributed by atoms with Crippen LogP contribution in [0.3, 0.4) is 0 Å². The number of anilines is 5. The fraction of sp³-hybridized carbons (Fsp3) is 0.259. The van der Waals surface area contributed by atoms with Crippen molar-refractivity contribution in [3.05, 3.63) is 77.0 Å². The van der Waals surface area contributed by atoms with Crippen molar-refractivity contribution in [3.8, 4) is 0 Å². The van der Waals surface area contributed by atoms with Crippen LogP contribution in [0.5, 0.6) is 0 Å². The number of carbonyl (C=O) groups is 2. The Hall–Kier alpha value is -4.51. The third-order valence-electron chi connectivity index (χ3n) is 6.91. The molecule has 0 aliphatic carbocycles. The number of nitrogens with zero attached hydrogens (tertiary/aromatic N) is 5. The van der Waals surface area contributed by atoms with Gasteiger partial charge in [-0.05, 0) is 60.6 Å². The van der Waals surface area contributed by atoms with Gasteiger partial charge in [0.1, 0.15) is 5.02 Å². The average molecular weight is 544 g/mol. The summed E-state index contributed by atoms with van der Waals surface area (Å²) in [5, 5.41) is 16.5. The van der Waals surface area contributed by atoms with E-state index in [2.05, 4.69) is 41.1 Å². The molecule has 2 aliphatic rings. The molecule has 1 saturated heterocycles. The fourth-order valence-corrected chi connectivity index (χ4v) is 5.09. The van der Waals surface area contributed by atoms with Gasteiger partial charge in [-0.25, -0.2) is 4.98 Å². The number of benzene rings is 1. The highest BCUT2D eigenvalue weighted by atomic mass is 35.5. The molecule has 2 aliphatic heterocycles. The molecule has 1 aromatic carbocycles. The summed E-state index contributed by atoms with van der Waals surface area (Å²) in [5.41, 5.74) is 4.86. The molecule has 6 rings (SSSR count). The van der Waals surface area contributed by atoms with Gasteiger partial charge in [0.05, 0.1) is 29.8 Å². The van der Waals surface area contributed by atoms with E-state index in [9.17, 15) is 9.59 Å². The van der Waals surface area contributed by atoms with Gasteiger partial charge in [-0.1, -0.05) is 11.6 Å². The predicted molar refractivity (Wildman–Crippen MR) is 148 cm³/mol. The van der Waals surface area contributed by atoms with Crippen LogP contribution in [0, 0.1) is 5.92 Å². The van der Waals surface area contributed by atoms with Crippen molar-refractivity contribution in [2.24, 2.45) is 5.92 Å². The number of rotatable bonds is 4. The molecule has 1 atom stereocenters. The van der Waals surface area contributed by atoms with Crippen molar-refractivity contribution in [3.63, 3.8) is 0 Å². The Kier molecular flexibility index (Phi) is 6.80. The number of carbonyl (C=O) groups excluding carboxylic acids is 2. The SMILES string of the molecule is O=C(C[C@H]1CCN(C(=O)c2cn[nH]c2)C1)Nc1ccc2cc1CCc1cncc(c1)Nc1ncc(Cl)c(n1)N2. The van der Waals surface area contributed by atoms with Gasteiger partial charge in [0.15, 0.2) is 5.82 Å². The van der Waals surface area contributed by atoms with Crippen molar-refractivity contribution in [1.29, 1.82) is 0 Å². The zero-order chi connectivity index (χ0) is 26.8. The molecule has 39 heavy (non-hydrogen) atoms. The van der Waals surface area contributed by atoms with E-state index in [4.69, 9.17) is 11.6 Å². The van der Waals surface area contributed by atoms with Crippen molar-refractivity contribution < 1.29 is 9.59 Å². The maximum atomic E-state index is 13.1. The number of aromatic nitrogens is 5. The van der Waals surface area contributed by atoms with Crippen LogP contribution in [-0.2, 0) is 17.6 Å². The lowest BCUT2D eigenvalue weighted by atomic mass is 10.0. The first kappa shape index (κ1) is 24.8. The third-order valence-corrected chi connectivity index (χ3v) is 7.19. The van der Waals surface area contributed by atoms with Gasteiger partial charge in [0.2, 0.25) is 11.9 Å². The number of hydrogen-bond donors (Lipinski definition) is 4. The fourth-order valence-electron chi connectivity index (χ4n) is 4.95. The molecule has 0 spiro atoms. The average Bonchev–Trinajstić information content (AvgIpc) is 3.63. The normalized spacial score (nSPS) is 16.2. The molecule has 4 N–H and O–H groups in total. The number of aromatic amines is 1. The molecular weight excluding hydrogens is 518 g/mol. The van der Waals surface area contributed by atoms with Crippen LogP contribution in [0.25, 0.3) is 0 Å².